The number of nitrogens with one attached hydrogen (secondary N) is 1. The maximum atomic E-state index is 12.0. The van der Waals surface area contributed by atoms with Gasteiger partial charge in [-0.15, -0.1) is 0 Å². The number of hydrogen-bond donors (Lipinski definition) is 3. The number of nitrogens with two attached hydrogens (primary N) is 1. The standard InChI is InChI=1S/C20H22N2O6/c21-10-15-12-26-18-9-14(6-7-17(18)28-15)8-16(19(23)24)22-20(25)27-11-13-4-2-1-3-5-13/h1-7,9,15-16H,8,10-12,21H2,(H,22,25)(H,23,24)/t15?,16-/m0/s1. The number of benzene rings is 2. The molecule has 148 valence electrons. The van der Waals surface area contributed by atoms with Gasteiger partial charge >= 0.3 is 12.1 Å². The Balaban J connectivity index is 1.58. The average Bonchev–Trinajstić information content (AvgIpc) is 2.72. The fourth-order valence-corrected chi connectivity index (χ4v) is 2.74. The van der Waals surface area contributed by atoms with Crippen LogP contribution in [-0.4, -0.2) is 42.5 Å². The summed E-state index contributed by atoms with van der Waals surface area (Å²) in [5.74, 6) is -0.0692. The molecule has 28 heavy (non-hydrogen) atoms. The molecule has 8 heteroatoms. The van der Waals surface area contributed by atoms with Crippen LogP contribution in [-0.2, 0) is 22.6 Å². The smallest absolute Gasteiger partial charge is 0.408 e. The van der Waals surface area contributed by atoms with Crippen LogP contribution in [0.2, 0.25) is 0 Å². The van der Waals surface area contributed by atoms with Crippen LogP contribution in [0.15, 0.2) is 48.5 Å². The number of amides is 1. The largest absolute Gasteiger partial charge is 0.486 e. The molecule has 1 aliphatic rings. The minimum absolute atomic E-state index is 0.0609. The zero-order chi connectivity index (χ0) is 19.9. The molecule has 1 aliphatic heterocycles. The normalized spacial score (nSPS) is 16.1. The van der Waals surface area contributed by atoms with Gasteiger partial charge in [0.2, 0.25) is 0 Å². The molecule has 0 saturated carbocycles. The van der Waals surface area contributed by atoms with Crippen molar-refractivity contribution in [2.75, 3.05) is 13.2 Å². The molecule has 2 atom stereocenters. The van der Waals surface area contributed by atoms with Crippen LogP contribution in [0.3, 0.4) is 0 Å². The van der Waals surface area contributed by atoms with Crippen LogP contribution >= 0.6 is 0 Å². The van der Waals surface area contributed by atoms with E-state index in [2.05, 4.69) is 5.32 Å². The van der Waals surface area contributed by atoms with Crippen molar-refractivity contribution >= 4 is 12.1 Å². The first-order valence-electron chi connectivity index (χ1n) is 8.87. The van der Waals surface area contributed by atoms with Crippen molar-refractivity contribution in [1.29, 1.82) is 0 Å². The summed E-state index contributed by atoms with van der Waals surface area (Å²) in [4.78, 5) is 23.5. The molecule has 4 N–H and O–H groups in total. The van der Waals surface area contributed by atoms with E-state index >= 15 is 0 Å². The highest BCUT2D eigenvalue weighted by Gasteiger charge is 2.24. The summed E-state index contributed by atoms with van der Waals surface area (Å²) in [6, 6.07) is 13.1. The summed E-state index contributed by atoms with van der Waals surface area (Å²) < 4.78 is 16.4. The number of hydrogen-bond acceptors (Lipinski definition) is 6. The predicted octanol–water partition coefficient (Wildman–Crippen LogP) is 1.71. The molecule has 1 heterocycles. The lowest BCUT2D eigenvalue weighted by atomic mass is 10.1. The van der Waals surface area contributed by atoms with Gasteiger partial charge in [0.15, 0.2) is 11.5 Å². The minimum Gasteiger partial charge on any atom is -0.486 e. The summed E-state index contributed by atoms with van der Waals surface area (Å²) in [5.41, 5.74) is 7.07. The number of rotatable bonds is 7. The summed E-state index contributed by atoms with van der Waals surface area (Å²) in [7, 11) is 0. The molecule has 0 aromatic heterocycles. The third-order valence-electron chi connectivity index (χ3n) is 4.23. The molecule has 3 rings (SSSR count). The average molecular weight is 386 g/mol. The van der Waals surface area contributed by atoms with Gasteiger partial charge in [0, 0.05) is 13.0 Å². The van der Waals surface area contributed by atoms with E-state index in [1.54, 1.807) is 18.2 Å². The van der Waals surface area contributed by atoms with Crippen LogP contribution in [0, 0.1) is 0 Å². The lowest BCUT2D eigenvalue weighted by Gasteiger charge is -2.26. The molecular formula is C20H22N2O6. The second-order valence-corrected chi connectivity index (χ2v) is 6.37. The molecule has 0 saturated heterocycles. The molecule has 0 aliphatic carbocycles. The first kappa shape index (κ1) is 19.5. The Hall–Kier alpha value is -3.26. The molecule has 0 fully saturated rings. The van der Waals surface area contributed by atoms with Gasteiger partial charge in [-0.1, -0.05) is 36.4 Å². The number of carboxylic acids is 1. The number of carbonyl (C=O) groups is 2. The third-order valence-corrected chi connectivity index (χ3v) is 4.23. The van der Waals surface area contributed by atoms with E-state index in [9.17, 15) is 14.7 Å². The van der Waals surface area contributed by atoms with Gasteiger partial charge in [-0.25, -0.2) is 9.59 Å². The lowest BCUT2D eigenvalue weighted by Crippen LogP contribution is -2.42. The molecular weight excluding hydrogens is 364 g/mol. The molecule has 1 amide bonds. The zero-order valence-electron chi connectivity index (χ0n) is 15.2. The Morgan fingerprint density at radius 2 is 1.96 bits per heavy atom. The van der Waals surface area contributed by atoms with Crippen molar-refractivity contribution in [1.82, 2.24) is 5.32 Å². The Morgan fingerprint density at radius 3 is 2.68 bits per heavy atom. The number of carboxylic acid groups (broad SMARTS) is 1. The van der Waals surface area contributed by atoms with Crippen molar-refractivity contribution in [3.8, 4) is 11.5 Å². The second-order valence-electron chi connectivity index (χ2n) is 6.37. The predicted molar refractivity (Wildman–Crippen MR) is 100 cm³/mol. The monoisotopic (exact) mass is 386 g/mol. The van der Waals surface area contributed by atoms with Crippen LogP contribution in [0.4, 0.5) is 4.79 Å². The van der Waals surface area contributed by atoms with Crippen molar-refractivity contribution in [2.45, 2.75) is 25.2 Å². The summed E-state index contributed by atoms with van der Waals surface area (Å²) in [5, 5.41) is 11.8. The fraction of sp³-hybridized carbons (Fsp3) is 0.300. The van der Waals surface area contributed by atoms with Crippen molar-refractivity contribution < 1.29 is 28.9 Å². The zero-order valence-corrected chi connectivity index (χ0v) is 15.2. The number of ether oxygens (including phenoxy) is 3. The highest BCUT2D eigenvalue weighted by molar-refractivity contribution is 5.80. The quantitative estimate of drug-likeness (QED) is 0.662. The number of fused-ring (bicyclic) bond motifs is 1. The first-order valence-corrected chi connectivity index (χ1v) is 8.87. The Kier molecular flexibility index (Phi) is 6.33. The molecule has 2 aromatic rings. The fourth-order valence-electron chi connectivity index (χ4n) is 2.74. The molecule has 0 radical (unpaired) electrons. The van der Waals surface area contributed by atoms with E-state index in [1.807, 2.05) is 30.3 Å². The van der Waals surface area contributed by atoms with E-state index in [0.29, 0.717) is 30.2 Å². The van der Waals surface area contributed by atoms with Crippen molar-refractivity contribution in [2.24, 2.45) is 5.73 Å². The SMILES string of the molecule is NCC1COc2cc(C[C@H](NC(=O)OCc3ccccc3)C(=O)O)ccc2O1. The Bertz CT molecular complexity index is 827. The highest BCUT2D eigenvalue weighted by atomic mass is 16.6. The third kappa shape index (κ3) is 5.14. The van der Waals surface area contributed by atoms with Crippen LogP contribution in [0.5, 0.6) is 11.5 Å². The van der Waals surface area contributed by atoms with Crippen LogP contribution in [0.25, 0.3) is 0 Å². The van der Waals surface area contributed by atoms with Crippen LogP contribution in [0.1, 0.15) is 11.1 Å². The summed E-state index contributed by atoms with van der Waals surface area (Å²) in [6.07, 6.45) is -0.919. The molecule has 0 spiro atoms. The molecule has 8 nitrogen and oxygen atoms in total. The number of aliphatic carboxylic acids is 1. The maximum absolute atomic E-state index is 12.0. The van der Waals surface area contributed by atoms with Gasteiger partial charge in [-0.2, -0.15) is 0 Å². The molecule has 0 bridgehead atoms. The van der Waals surface area contributed by atoms with Gasteiger partial charge < -0.3 is 30.4 Å². The van der Waals surface area contributed by atoms with Crippen LogP contribution < -0.4 is 20.5 Å². The molecule has 2 aromatic carbocycles. The van der Waals surface area contributed by atoms with E-state index in [4.69, 9.17) is 19.9 Å². The number of carbonyl (C=O) groups excluding carboxylic acids is 1. The van der Waals surface area contributed by atoms with Crippen molar-refractivity contribution in [3.05, 3.63) is 59.7 Å². The van der Waals surface area contributed by atoms with Gasteiger partial charge in [0.05, 0.1) is 0 Å². The topological polar surface area (TPSA) is 120 Å². The minimum atomic E-state index is -1.16. The van der Waals surface area contributed by atoms with E-state index in [1.165, 1.54) is 0 Å². The van der Waals surface area contributed by atoms with E-state index < -0.39 is 18.1 Å². The second kappa shape index (κ2) is 9.09. The summed E-state index contributed by atoms with van der Waals surface area (Å²) in [6.45, 7) is 0.738. The summed E-state index contributed by atoms with van der Waals surface area (Å²) >= 11 is 0. The van der Waals surface area contributed by atoms with Gasteiger partial charge in [0.1, 0.15) is 25.4 Å². The highest BCUT2D eigenvalue weighted by Crippen LogP contribution is 2.32. The number of alkyl carbamates (subject to hydrolysis) is 1. The molecule has 1 unspecified atom stereocenters. The first-order chi connectivity index (χ1) is 13.5. The van der Waals surface area contributed by atoms with E-state index in [-0.39, 0.29) is 19.1 Å². The van der Waals surface area contributed by atoms with E-state index in [0.717, 1.165) is 5.56 Å². The van der Waals surface area contributed by atoms with Gasteiger partial charge in [-0.05, 0) is 23.3 Å². The maximum Gasteiger partial charge on any atom is 0.408 e. The Labute approximate surface area is 162 Å². The van der Waals surface area contributed by atoms with Gasteiger partial charge in [-0.3, -0.25) is 0 Å². The van der Waals surface area contributed by atoms with Crippen molar-refractivity contribution in [3.63, 3.8) is 0 Å². The lowest BCUT2D eigenvalue weighted by molar-refractivity contribution is -0.139. The van der Waals surface area contributed by atoms with Gasteiger partial charge in [0.25, 0.3) is 0 Å². The Morgan fingerprint density at radius 1 is 1.18 bits per heavy atom.